The number of nitrogens with one attached hydrogen (secondary N) is 1. The van der Waals surface area contributed by atoms with E-state index in [1.165, 1.54) is 32.1 Å². The van der Waals surface area contributed by atoms with Gasteiger partial charge in [-0.3, -0.25) is 4.79 Å². The highest BCUT2D eigenvalue weighted by molar-refractivity contribution is 5.79. The van der Waals surface area contributed by atoms with Crippen molar-refractivity contribution in [2.45, 2.75) is 44.9 Å². The van der Waals surface area contributed by atoms with E-state index >= 15 is 0 Å². The predicted molar refractivity (Wildman–Crippen MR) is 95.3 cm³/mol. The van der Waals surface area contributed by atoms with Crippen molar-refractivity contribution in [2.24, 2.45) is 11.8 Å². The van der Waals surface area contributed by atoms with Crippen LogP contribution < -0.4 is 10.2 Å². The van der Waals surface area contributed by atoms with Gasteiger partial charge in [-0.05, 0) is 43.7 Å². The maximum atomic E-state index is 12.5. The minimum atomic E-state index is 0.137. The second-order valence-corrected chi connectivity index (χ2v) is 7.34. The number of anilines is 1. The van der Waals surface area contributed by atoms with Gasteiger partial charge in [-0.2, -0.15) is 4.52 Å². The van der Waals surface area contributed by atoms with Crippen LogP contribution in [-0.2, 0) is 4.79 Å². The lowest BCUT2D eigenvalue weighted by Crippen LogP contribution is -2.42. The first-order chi connectivity index (χ1) is 12.3. The normalized spacial score (nSPS) is 20.1. The quantitative estimate of drug-likeness (QED) is 0.920. The van der Waals surface area contributed by atoms with E-state index in [1.54, 1.807) is 10.8 Å². The third-order valence-electron chi connectivity index (χ3n) is 5.63. The Kier molecular flexibility index (Phi) is 4.81. The van der Waals surface area contributed by atoms with Gasteiger partial charge in [0.1, 0.15) is 12.1 Å². The summed E-state index contributed by atoms with van der Waals surface area (Å²) in [5, 5.41) is 15.6. The van der Waals surface area contributed by atoms with Gasteiger partial charge >= 0.3 is 0 Å². The summed E-state index contributed by atoms with van der Waals surface area (Å²) in [5.41, 5.74) is 0.751. The Labute approximate surface area is 147 Å². The van der Waals surface area contributed by atoms with Crippen LogP contribution in [0.3, 0.4) is 0 Å². The summed E-state index contributed by atoms with van der Waals surface area (Å²) in [4.78, 5) is 14.7. The van der Waals surface area contributed by atoms with E-state index in [4.69, 9.17) is 0 Å². The second kappa shape index (κ2) is 7.37. The molecule has 1 saturated heterocycles. The van der Waals surface area contributed by atoms with Gasteiger partial charge in [-0.15, -0.1) is 15.3 Å². The number of carbonyl (C=O) groups is 1. The predicted octanol–water partition coefficient (Wildman–Crippen LogP) is 2.04. The number of aromatic nitrogens is 4. The van der Waals surface area contributed by atoms with E-state index in [2.05, 4.69) is 25.5 Å². The highest BCUT2D eigenvalue weighted by Gasteiger charge is 2.26. The smallest absolute Gasteiger partial charge is 0.223 e. The van der Waals surface area contributed by atoms with Gasteiger partial charge in [0.05, 0.1) is 0 Å². The van der Waals surface area contributed by atoms with Gasteiger partial charge in [-0.1, -0.05) is 19.3 Å². The molecule has 2 aliphatic rings. The molecule has 0 spiro atoms. The Morgan fingerprint density at radius 1 is 1.12 bits per heavy atom. The van der Waals surface area contributed by atoms with Gasteiger partial charge < -0.3 is 10.2 Å². The van der Waals surface area contributed by atoms with Crippen molar-refractivity contribution in [3.05, 3.63) is 18.5 Å². The Bertz CT molecular complexity index is 715. The molecule has 2 aromatic rings. The molecule has 1 aliphatic heterocycles. The molecule has 0 aromatic carbocycles. The van der Waals surface area contributed by atoms with E-state index in [9.17, 15) is 4.79 Å². The van der Waals surface area contributed by atoms with Crippen LogP contribution in [0.1, 0.15) is 44.9 Å². The molecule has 3 heterocycles. The van der Waals surface area contributed by atoms with Gasteiger partial charge in [0.2, 0.25) is 5.91 Å². The number of hydrogen-bond acceptors (Lipinski definition) is 5. The standard InChI is InChI=1S/C18H26N6O/c25-18(19-12-14-4-2-1-3-5-14)15-8-10-23(11-9-15)17-7-6-16-21-20-13-24(16)22-17/h6-7,13-15H,1-5,8-12H2,(H,19,25). The average molecular weight is 342 g/mol. The topological polar surface area (TPSA) is 75.4 Å². The Morgan fingerprint density at radius 2 is 1.92 bits per heavy atom. The Balaban J connectivity index is 1.27. The number of fused-ring (bicyclic) bond motifs is 1. The molecule has 25 heavy (non-hydrogen) atoms. The van der Waals surface area contributed by atoms with E-state index in [1.807, 2.05) is 12.1 Å². The molecule has 0 unspecified atom stereocenters. The second-order valence-electron chi connectivity index (χ2n) is 7.34. The highest BCUT2D eigenvalue weighted by Crippen LogP contribution is 2.24. The van der Waals surface area contributed by atoms with Crippen molar-refractivity contribution in [1.29, 1.82) is 0 Å². The molecule has 1 amide bonds. The largest absolute Gasteiger partial charge is 0.356 e. The van der Waals surface area contributed by atoms with Gasteiger partial charge in [-0.25, -0.2) is 0 Å². The van der Waals surface area contributed by atoms with Gasteiger partial charge in [0.15, 0.2) is 5.65 Å². The fraction of sp³-hybridized carbons (Fsp3) is 0.667. The molecule has 1 saturated carbocycles. The third-order valence-corrected chi connectivity index (χ3v) is 5.63. The zero-order chi connectivity index (χ0) is 17.1. The molecule has 7 nitrogen and oxygen atoms in total. The minimum absolute atomic E-state index is 0.137. The molecule has 7 heteroatoms. The molecule has 1 N–H and O–H groups in total. The zero-order valence-electron chi connectivity index (χ0n) is 14.6. The van der Waals surface area contributed by atoms with Crippen molar-refractivity contribution in [2.75, 3.05) is 24.5 Å². The first-order valence-corrected chi connectivity index (χ1v) is 9.49. The van der Waals surface area contributed by atoms with Crippen LogP contribution >= 0.6 is 0 Å². The molecule has 2 fully saturated rings. The summed E-state index contributed by atoms with van der Waals surface area (Å²) in [7, 11) is 0. The number of nitrogens with zero attached hydrogens (tertiary/aromatic N) is 5. The van der Waals surface area contributed by atoms with Crippen molar-refractivity contribution >= 4 is 17.4 Å². The van der Waals surface area contributed by atoms with Gasteiger partial charge in [0.25, 0.3) is 0 Å². The SMILES string of the molecule is O=C(NCC1CCCCC1)C1CCN(c2ccc3nncn3n2)CC1. The zero-order valence-corrected chi connectivity index (χ0v) is 14.6. The van der Waals surface area contributed by atoms with Crippen LogP contribution in [0, 0.1) is 11.8 Å². The summed E-state index contributed by atoms with van der Waals surface area (Å²) in [6, 6.07) is 3.91. The van der Waals surface area contributed by atoms with E-state index in [-0.39, 0.29) is 11.8 Å². The summed E-state index contributed by atoms with van der Waals surface area (Å²) in [6.07, 6.45) is 9.94. The highest BCUT2D eigenvalue weighted by atomic mass is 16.1. The van der Waals surface area contributed by atoms with Gasteiger partial charge in [0, 0.05) is 25.6 Å². The molecule has 0 radical (unpaired) electrons. The van der Waals surface area contributed by atoms with Crippen molar-refractivity contribution in [3.63, 3.8) is 0 Å². The molecule has 134 valence electrons. The maximum Gasteiger partial charge on any atom is 0.223 e. The molecule has 4 rings (SSSR count). The summed E-state index contributed by atoms with van der Waals surface area (Å²) >= 11 is 0. The Morgan fingerprint density at radius 3 is 2.72 bits per heavy atom. The van der Waals surface area contributed by atoms with Crippen LogP contribution in [-0.4, -0.2) is 45.4 Å². The van der Waals surface area contributed by atoms with E-state index in [0.717, 1.165) is 43.9 Å². The lowest BCUT2D eigenvalue weighted by atomic mass is 9.89. The monoisotopic (exact) mass is 342 g/mol. The van der Waals surface area contributed by atoms with Crippen LogP contribution in [0.2, 0.25) is 0 Å². The number of piperidine rings is 1. The van der Waals surface area contributed by atoms with Crippen LogP contribution in [0.4, 0.5) is 5.82 Å². The van der Waals surface area contributed by atoms with Crippen molar-refractivity contribution in [3.8, 4) is 0 Å². The minimum Gasteiger partial charge on any atom is -0.356 e. The van der Waals surface area contributed by atoms with Crippen molar-refractivity contribution in [1.82, 2.24) is 25.1 Å². The summed E-state index contributed by atoms with van der Waals surface area (Å²) < 4.78 is 1.69. The average Bonchev–Trinajstić information content (AvgIpc) is 3.15. The van der Waals surface area contributed by atoms with Crippen LogP contribution in [0.15, 0.2) is 18.5 Å². The fourth-order valence-electron chi connectivity index (χ4n) is 4.04. The molecule has 0 atom stereocenters. The summed E-state index contributed by atoms with van der Waals surface area (Å²) in [5.74, 6) is 2.00. The molecule has 0 bridgehead atoms. The lowest BCUT2D eigenvalue weighted by molar-refractivity contribution is -0.125. The van der Waals surface area contributed by atoms with Crippen LogP contribution in [0.5, 0.6) is 0 Å². The molecule has 2 aromatic heterocycles. The first-order valence-electron chi connectivity index (χ1n) is 9.49. The molecule has 1 aliphatic carbocycles. The summed E-state index contributed by atoms with van der Waals surface area (Å²) in [6.45, 7) is 2.59. The van der Waals surface area contributed by atoms with Crippen molar-refractivity contribution < 1.29 is 4.79 Å². The van der Waals surface area contributed by atoms with Crippen LogP contribution in [0.25, 0.3) is 5.65 Å². The lowest BCUT2D eigenvalue weighted by Gasteiger charge is -2.32. The fourth-order valence-corrected chi connectivity index (χ4v) is 4.04. The number of hydrogen-bond donors (Lipinski definition) is 1. The Hall–Kier alpha value is -2.18. The van der Waals surface area contributed by atoms with E-state index in [0.29, 0.717) is 5.92 Å². The number of carbonyl (C=O) groups excluding carboxylic acids is 1. The maximum absolute atomic E-state index is 12.5. The molecular weight excluding hydrogens is 316 g/mol. The third kappa shape index (κ3) is 3.75. The molecular formula is C18H26N6O. The first kappa shape index (κ1) is 16.3. The number of amides is 1. The van der Waals surface area contributed by atoms with E-state index < -0.39 is 0 Å². The number of rotatable bonds is 4.